The highest BCUT2D eigenvalue weighted by Crippen LogP contribution is 2.37. The van der Waals surface area contributed by atoms with E-state index in [-0.39, 0.29) is 49.6 Å². The largest absolute Gasteiger partial charge is 0.349 e. The lowest BCUT2D eigenvalue weighted by Gasteiger charge is -2.34. The van der Waals surface area contributed by atoms with E-state index in [2.05, 4.69) is 44.8 Å². The van der Waals surface area contributed by atoms with Crippen LogP contribution in [0.1, 0.15) is 131 Å². The summed E-state index contributed by atoms with van der Waals surface area (Å²) in [5.41, 5.74) is 1.04. The number of nitrogens with zero attached hydrogens (tertiary/aromatic N) is 2. The average molecular weight is 606 g/mol. The molecule has 4 unspecified atom stereocenters. The second-order valence-electron chi connectivity index (χ2n) is 12.6. The van der Waals surface area contributed by atoms with Crippen molar-refractivity contribution in [2.75, 3.05) is 6.54 Å². The van der Waals surface area contributed by atoms with Crippen molar-refractivity contribution in [2.24, 2.45) is 11.8 Å². The van der Waals surface area contributed by atoms with Crippen molar-refractivity contribution in [1.29, 1.82) is 10.8 Å². The van der Waals surface area contributed by atoms with Gasteiger partial charge in [0.05, 0.1) is 18.2 Å². The van der Waals surface area contributed by atoms with E-state index in [0.29, 0.717) is 17.9 Å². The molecule has 3 rings (SSSR count). The molecule has 0 aromatic heterocycles. The molecule has 1 saturated heterocycles. The number of alkyl halides is 2. The fraction of sp³-hybridized carbons (Fsp3) is 0.743. The quantitative estimate of drug-likeness (QED) is 0.164. The number of carbonyl (C=O) groups excluding carboxylic acids is 1. The lowest BCUT2D eigenvalue weighted by molar-refractivity contribution is -0.130. The number of amides is 1. The fourth-order valence-electron chi connectivity index (χ4n) is 6.30. The van der Waals surface area contributed by atoms with Crippen LogP contribution in [0.5, 0.6) is 0 Å². The van der Waals surface area contributed by atoms with Gasteiger partial charge in [0, 0.05) is 43.4 Å². The summed E-state index contributed by atoms with van der Waals surface area (Å²) in [5.74, 6) is -1.84. The van der Waals surface area contributed by atoms with Gasteiger partial charge in [0.1, 0.15) is 0 Å². The molecule has 3 N–H and O–H groups in total. The Kier molecular flexibility index (Phi) is 17.8. The first-order chi connectivity index (χ1) is 20.4. The highest BCUT2D eigenvalue weighted by Gasteiger charge is 2.38. The lowest BCUT2D eigenvalue weighted by Crippen LogP contribution is -2.43. The minimum atomic E-state index is -2.64. The summed E-state index contributed by atoms with van der Waals surface area (Å²) in [4.78, 5) is 17.2. The summed E-state index contributed by atoms with van der Waals surface area (Å²) >= 11 is 0. The third-order valence-corrected chi connectivity index (χ3v) is 8.72. The molecule has 1 heterocycles. The first kappa shape index (κ1) is 38.7. The highest BCUT2D eigenvalue weighted by molar-refractivity contribution is 5.87. The van der Waals surface area contributed by atoms with Gasteiger partial charge in [-0.1, -0.05) is 77.8 Å². The topological polar surface area (TPSA) is 83.3 Å². The molecule has 6 nitrogen and oxygen atoms in total. The summed E-state index contributed by atoms with van der Waals surface area (Å²) < 4.78 is 27.2. The van der Waals surface area contributed by atoms with Crippen molar-refractivity contribution in [1.82, 2.24) is 15.1 Å². The van der Waals surface area contributed by atoms with Gasteiger partial charge in [-0.2, -0.15) is 0 Å². The van der Waals surface area contributed by atoms with Gasteiger partial charge in [-0.15, -0.1) is 0 Å². The molecule has 0 bridgehead atoms. The van der Waals surface area contributed by atoms with E-state index in [9.17, 15) is 13.6 Å². The van der Waals surface area contributed by atoms with Crippen LogP contribution in [-0.4, -0.2) is 58.5 Å². The smallest absolute Gasteiger partial charge is 0.248 e. The molecule has 1 aliphatic carbocycles. The van der Waals surface area contributed by atoms with Crippen LogP contribution in [0.3, 0.4) is 0 Å². The number of carbonyl (C=O) groups is 1. The van der Waals surface area contributed by atoms with Crippen LogP contribution < -0.4 is 5.32 Å². The van der Waals surface area contributed by atoms with E-state index in [1.54, 1.807) is 11.8 Å². The van der Waals surface area contributed by atoms with E-state index < -0.39 is 5.92 Å². The Labute approximate surface area is 261 Å². The summed E-state index contributed by atoms with van der Waals surface area (Å²) in [5, 5.41) is 18.8. The van der Waals surface area contributed by atoms with E-state index in [0.717, 1.165) is 43.7 Å². The highest BCUT2D eigenvalue weighted by atomic mass is 19.3. The molecule has 2 fully saturated rings. The lowest BCUT2D eigenvalue weighted by atomic mass is 9.86. The predicted molar refractivity (Wildman–Crippen MR) is 177 cm³/mol. The maximum absolute atomic E-state index is 13.6. The molecule has 246 valence electrons. The maximum atomic E-state index is 13.6. The molecule has 1 aromatic rings. The Hall–Kier alpha value is -2.35. The Bertz CT molecular complexity index is 931. The third kappa shape index (κ3) is 13.4. The molecule has 1 aromatic carbocycles. The molecule has 1 aliphatic heterocycles. The van der Waals surface area contributed by atoms with E-state index in [1.165, 1.54) is 19.2 Å². The zero-order valence-electron chi connectivity index (χ0n) is 28.3. The standard InChI is InChI=1S/C27H41F2N5O.C6H14.C2H6/c1-19-9-10-24(17-20(2)34(18-30)21(3)31)33(19)16-13-25(22-7-5-4-6-8-22)32-26(35)23-11-14-27(28,29)15-12-23;1-4-5-6(2)3;1-2/h4-8,18-20,23-25,30-31H,9-17H2,1-3H3,(H,32,35);6H,4-5H2,1-3H3;1-2H3. The normalized spacial score (nSPS) is 21.5. The second kappa shape index (κ2) is 19.8. The first-order valence-corrected chi connectivity index (χ1v) is 16.7. The Morgan fingerprint density at radius 2 is 1.70 bits per heavy atom. The van der Waals surface area contributed by atoms with Crippen LogP contribution in [0, 0.1) is 22.7 Å². The van der Waals surface area contributed by atoms with Gasteiger partial charge in [-0.05, 0) is 70.8 Å². The number of amidine groups is 1. The number of halogens is 2. The van der Waals surface area contributed by atoms with E-state index >= 15 is 0 Å². The average Bonchev–Trinajstić information content (AvgIpc) is 3.31. The third-order valence-electron chi connectivity index (χ3n) is 8.72. The molecule has 1 amide bonds. The number of benzene rings is 1. The van der Waals surface area contributed by atoms with Crippen LogP contribution in [0.2, 0.25) is 0 Å². The Morgan fingerprint density at radius 1 is 1.09 bits per heavy atom. The van der Waals surface area contributed by atoms with Gasteiger partial charge >= 0.3 is 0 Å². The molecular formula is C35H61F2N5O. The van der Waals surface area contributed by atoms with Gasteiger partial charge < -0.3 is 10.2 Å². The minimum absolute atomic E-state index is 0.0665. The van der Waals surface area contributed by atoms with Crippen LogP contribution in [-0.2, 0) is 4.79 Å². The number of likely N-dealkylation sites (tertiary alicyclic amines) is 1. The van der Waals surface area contributed by atoms with Crippen molar-refractivity contribution >= 4 is 18.1 Å². The number of hydrogen-bond donors (Lipinski definition) is 3. The number of hydrogen-bond acceptors (Lipinski definition) is 4. The van der Waals surface area contributed by atoms with Gasteiger partial charge in [0.2, 0.25) is 11.8 Å². The van der Waals surface area contributed by atoms with Gasteiger partial charge in [0.25, 0.3) is 0 Å². The van der Waals surface area contributed by atoms with Crippen LogP contribution in [0.4, 0.5) is 8.78 Å². The molecule has 0 radical (unpaired) electrons. The second-order valence-corrected chi connectivity index (χ2v) is 12.6. The van der Waals surface area contributed by atoms with Gasteiger partial charge in [-0.25, -0.2) is 8.78 Å². The summed E-state index contributed by atoms with van der Waals surface area (Å²) in [6.45, 7) is 17.5. The van der Waals surface area contributed by atoms with E-state index in [4.69, 9.17) is 10.8 Å². The minimum Gasteiger partial charge on any atom is -0.349 e. The molecule has 1 saturated carbocycles. The summed E-state index contributed by atoms with van der Waals surface area (Å²) in [6, 6.07) is 10.6. The van der Waals surface area contributed by atoms with Crippen molar-refractivity contribution < 1.29 is 13.6 Å². The van der Waals surface area contributed by atoms with Crippen LogP contribution in [0.15, 0.2) is 30.3 Å². The monoisotopic (exact) mass is 605 g/mol. The molecular weight excluding hydrogens is 544 g/mol. The van der Waals surface area contributed by atoms with Crippen molar-refractivity contribution in [3.63, 3.8) is 0 Å². The zero-order valence-corrected chi connectivity index (χ0v) is 28.3. The zero-order chi connectivity index (χ0) is 32.6. The van der Waals surface area contributed by atoms with Crippen molar-refractivity contribution in [3.05, 3.63) is 35.9 Å². The molecule has 8 heteroatoms. The fourth-order valence-corrected chi connectivity index (χ4v) is 6.30. The SMILES string of the molecule is CC.CC(=N)N(C=N)C(C)CC1CCC(C)N1CCC(NC(=O)C1CCC(F)(F)CC1)c1ccccc1.CCCC(C)C. The van der Waals surface area contributed by atoms with E-state index in [1.807, 2.05) is 44.2 Å². The summed E-state index contributed by atoms with van der Waals surface area (Å²) in [6.07, 6.45) is 7.77. The van der Waals surface area contributed by atoms with Gasteiger partial charge in [0.15, 0.2) is 0 Å². The maximum Gasteiger partial charge on any atom is 0.248 e. The Morgan fingerprint density at radius 3 is 2.19 bits per heavy atom. The molecule has 4 atom stereocenters. The van der Waals surface area contributed by atoms with Crippen molar-refractivity contribution in [2.45, 2.75) is 150 Å². The number of nitrogens with one attached hydrogen (secondary N) is 3. The summed E-state index contributed by atoms with van der Waals surface area (Å²) in [7, 11) is 0. The molecule has 43 heavy (non-hydrogen) atoms. The Balaban J connectivity index is 0.00000103. The van der Waals surface area contributed by atoms with Gasteiger partial charge in [-0.3, -0.25) is 20.5 Å². The predicted octanol–water partition coefficient (Wildman–Crippen LogP) is 9.07. The van der Waals surface area contributed by atoms with Crippen LogP contribution >= 0.6 is 0 Å². The van der Waals surface area contributed by atoms with Crippen LogP contribution in [0.25, 0.3) is 0 Å². The molecule has 2 aliphatic rings. The van der Waals surface area contributed by atoms with Crippen molar-refractivity contribution in [3.8, 4) is 0 Å². The number of rotatable bonds is 12. The first-order valence-electron chi connectivity index (χ1n) is 16.7. The molecule has 0 spiro atoms.